The molecule has 1 saturated carbocycles. The van der Waals surface area contributed by atoms with Crippen molar-refractivity contribution in [2.45, 2.75) is 51.4 Å². The molecular weight excluding hydrogens is 244 g/mol. The summed E-state index contributed by atoms with van der Waals surface area (Å²) in [5, 5.41) is 6.58. The second kappa shape index (κ2) is 7.68. The Labute approximate surface area is 124 Å². The van der Waals surface area contributed by atoms with Crippen LogP contribution in [-0.2, 0) is 6.42 Å². The van der Waals surface area contributed by atoms with Gasteiger partial charge in [0.05, 0.1) is 0 Å². The highest BCUT2D eigenvalue weighted by molar-refractivity contribution is 5.49. The van der Waals surface area contributed by atoms with E-state index in [0.29, 0.717) is 0 Å². The molecule has 0 saturated heterocycles. The predicted molar refractivity (Wildman–Crippen MR) is 88.6 cm³/mol. The molecule has 20 heavy (non-hydrogen) atoms. The fourth-order valence-corrected chi connectivity index (χ4v) is 3.08. The minimum absolute atomic E-state index is 0.726. The molecule has 1 aliphatic rings. The highest BCUT2D eigenvalue weighted by Gasteiger charge is 2.23. The predicted octanol–water partition coefficient (Wildman–Crippen LogP) is 4.17. The average Bonchev–Trinajstić information content (AvgIpc) is 3.31. The molecule has 1 fully saturated rings. The molecule has 2 rings (SSSR count). The third-order valence-corrected chi connectivity index (χ3v) is 4.62. The van der Waals surface area contributed by atoms with E-state index in [1.165, 1.54) is 43.4 Å². The summed E-state index contributed by atoms with van der Waals surface area (Å²) >= 11 is 0. The van der Waals surface area contributed by atoms with Crippen molar-refractivity contribution in [3.63, 3.8) is 0 Å². The number of hydrogen-bond acceptors (Lipinski definition) is 2. The SMILES string of the molecule is CCc1cc(NC)ccc1C(CCNC)CCC1CC1. The van der Waals surface area contributed by atoms with Crippen LogP contribution in [0.4, 0.5) is 5.69 Å². The first kappa shape index (κ1) is 15.4. The lowest BCUT2D eigenvalue weighted by Gasteiger charge is -2.21. The summed E-state index contributed by atoms with van der Waals surface area (Å²) in [6.07, 6.45) is 8.11. The number of nitrogens with one attached hydrogen (secondary N) is 2. The minimum Gasteiger partial charge on any atom is -0.388 e. The molecule has 112 valence electrons. The molecular formula is C18H30N2. The van der Waals surface area contributed by atoms with E-state index in [-0.39, 0.29) is 0 Å². The summed E-state index contributed by atoms with van der Waals surface area (Å²) in [6.45, 7) is 3.39. The second-order valence-electron chi connectivity index (χ2n) is 6.13. The topological polar surface area (TPSA) is 24.1 Å². The third kappa shape index (κ3) is 4.24. The standard InChI is InChI=1S/C18H30N2/c1-4-15-13-17(20-3)9-10-18(15)16(11-12-19-2)8-7-14-5-6-14/h9-10,13-14,16,19-20H,4-8,11-12H2,1-3H3. The molecule has 0 amide bonds. The van der Waals surface area contributed by atoms with E-state index in [2.05, 4.69) is 42.8 Å². The van der Waals surface area contributed by atoms with Crippen molar-refractivity contribution in [2.24, 2.45) is 5.92 Å². The lowest BCUT2D eigenvalue weighted by Crippen LogP contribution is -2.14. The van der Waals surface area contributed by atoms with Gasteiger partial charge >= 0.3 is 0 Å². The molecule has 1 aliphatic carbocycles. The fraction of sp³-hybridized carbons (Fsp3) is 0.667. The zero-order valence-electron chi connectivity index (χ0n) is 13.3. The van der Waals surface area contributed by atoms with Crippen molar-refractivity contribution < 1.29 is 0 Å². The maximum absolute atomic E-state index is 3.32. The third-order valence-electron chi connectivity index (χ3n) is 4.62. The van der Waals surface area contributed by atoms with E-state index in [1.807, 2.05) is 7.05 Å². The number of aryl methyl sites for hydroxylation is 1. The largest absolute Gasteiger partial charge is 0.388 e. The van der Waals surface area contributed by atoms with Crippen molar-refractivity contribution in [3.05, 3.63) is 29.3 Å². The Morgan fingerprint density at radius 1 is 1.20 bits per heavy atom. The van der Waals surface area contributed by atoms with Crippen LogP contribution in [0, 0.1) is 5.92 Å². The zero-order valence-corrected chi connectivity index (χ0v) is 13.3. The minimum atomic E-state index is 0.726. The van der Waals surface area contributed by atoms with Gasteiger partial charge in [0.2, 0.25) is 0 Å². The molecule has 0 radical (unpaired) electrons. The Morgan fingerprint density at radius 2 is 2.00 bits per heavy atom. The van der Waals surface area contributed by atoms with Crippen LogP contribution in [0.3, 0.4) is 0 Å². The number of rotatable bonds is 9. The summed E-state index contributed by atoms with van der Waals surface area (Å²) in [7, 11) is 4.06. The van der Waals surface area contributed by atoms with Crippen LogP contribution in [0.1, 0.15) is 56.1 Å². The van der Waals surface area contributed by atoms with E-state index < -0.39 is 0 Å². The summed E-state index contributed by atoms with van der Waals surface area (Å²) in [5.41, 5.74) is 4.34. The Bertz CT molecular complexity index is 410. The Hall–Kier alpha value is -1.02. The van der Waals surface area contributed by atoms with Crippen LogP contribution >= 0.6 is 0 Å². The van der Waals surface area contributed by atoms with E-state index in [1.54, 1.807) is 5.56 Å². The molecule has 0 heterocycles. The first-order valence-electron chi connectivity index (χ1n) is 8.23. The van der Waals surface area contributed by atoms with Crippen molar-refractivity contribution in [1.29, 1.82) is 0 Å². The van der Waals surface area contributed by atoms with Crippen molar-refractivity contribution in [3.8, 4) is 0 Å². The van der Waals surface area contributed by atoms with Crippen molar-refractivity contribution in [1.82, 2.24) is 5.32 Å². The first-order chi connectivity index (χ1) is 9.78. The molecule has 1 aromatic carbocycles. The van der Waals surface area contributed by atoms with E-state index in [4.69, 9.17) is 0 Å². The lowest BCUT2D eigenvalue weighted by atomic mass is 9.86. The molecule has 2 N–H and O–H groups in total. The molecule has 1 unspecified atom stereocenters. The smallest absolute Gasteiger partial charge is 0.0340 e. The lowest BCUT2D eigenvalue weighted by molar-refractivity contribution is 0.515. The maximum atomic E-state index is 3.32. The van der Waals surface area contributed by atoms with Gasteiger partial charge in [0, 0.05) is 12.7 Å². The van der Waals surface area contributed by atoms with Gasteiger partial charge in [0.25, 0.3) is 0 Å². The van der Waals surface area contributed by atoms with Gasteiger partial charge in [-0.15, -0.1) is 0 Å². The van der Waals surface area contributed by atoms with Gasteiger partial charge < -0.3 is 10.6 Å². The summed E-state index contributed by atoms with van der Waals surface area (Å²) < 4.78 is 0. The van der Waals surface area contributed by atoms with Crippen molar-refractivity contribution in [2.75, 3.05) is 26.0 Å². The molecule has 1 atom stereocenters. The fourth-order valence-electron chi connectivity index (χ4n) is 3.08. The van der Waals surface area contributed by atoms with Crippen LogP contribution in [-0.4, -0.2) is 20.6 Å². The number of hydrogen-bond donors (Lipinski definition) is 2. The molecule has 2 heteroatoms. The Kier molecular flexibility index (Phi) is 5.90. The normalized spacial score (nSPS) is 16.1. The van der Waals surface area contributed by atoms with Crippen LogP contribution in [0.5, 0.6) is 0 Å². The Balaban J connectivity index is 2.11. The average molecular weight is 274 g/mol. The van der Waals surface area contributed by atoms with Crippen molar-refractivity contribution >= 4 is 5.69 Å². The van der Waals surface area contributed by atoms with Gasteiger partial charge in [-0.2, -0.15) is 0 Å². The van der Waals surface area contributed by atoms with Crippen LogP contribution < -0.4 is 10.6 Å². The first-order valence-corrected chi connectivity index (χ1v) is 8.23. The van der Waals surface area contributed by atoms with Crippen LogP contribution in [0.2, 0.25) is 0 Å². The Morgan fingerprint density at radius 3 is 2.60 bits per heavy atom. The van der Waals surface area contributed by atoms with E-state index >= 15 is 0 Å². The van der Waals surface area contributed by atoms with Gasteiger partial charge in [-0.3, -0.25) is 0 Å². The van der Waals surface area contributed by atoms with Gasteiger partial charge in [-0.05, 0) is 74.4 Å². The molecule has 2 nitrogen and oxygen atoms in total. The van der Waals surface area contributed by atoms with Gasteiger partial charge in [-0.1, -0.05) is 25.8 Å². The molecule has 0 aromatic heterocycles. The summed E-state index contributed by atoms with van der Waals surface area (Å²) in [4.78, 5) is 0. The van der Waals surface area contributed by atoms with E-state index in [0.717, 1.165) is 24.8 Å². The molecule has 0 bridgehead atoms. The van der Waals surface area contributed by atoms with E-state index in [9.17, 15) is 0 Å². The highest BCUT2D eigenvalue weighted by atomic mass is 14.8. The molecule has 0 aliphatic heterocycles. The highest BCUT2D eigenvalue weighted by Crippen LogP contribution is 2.38. The number of benzene rings is 1. The summed E-state index contributed by atoms with van der Waals surface area (Å²) in [5.74, 6) is 1.76. The van der Waals surface area contributed by atoms with Gasteiger partial charge in [-0.25, -0.2) is 0 Å². The zero-order chi connectivity index (χ0) is 14.4. The monoisotopic (exact) mass is 274 g/mol. The second-order valence-corrected chi connectivity index (χ2v) is 6.13. The van der Waals surface area contributed by atoms with Crippen LogP contribution in [0.15, 0.2) is 18.2 Å². The number of anilines is 1. The van der Waals surface area contributed by atoms with Gasteiger partial charge in [0.15, 0.2) is 0 Å². The summed E-state index contributed by atoms with van der Waals surface area (Å²) in [6, 6.07) is 6.93. The molecule has 1 aromatic rings. The van der Waals surface area contributed by atoms with Gasteiger partial charge in [0.1, 0.15) is 0 Å². The maximum Gasteiger partial charge on any atom is 0.0340 e. The van der Waals surface area contributed by atoms with Crippen LogP contribution in [0.25, 0.3) is 0 Å². The molecule has 0 spiro atoms. The quantitative estimate of drug-likeness (QED) is 0.706.